The molecule has 10 nitrogen and oxygen atoms in total. The highest BCUT2D eigenvalue weighted by molar-refractivity contribution is 7.47. The maximum absolute atomic E-state index is 12.5. The van der Waals surface area contributed by atoms with Gasteiger partial charge in [0.25, 0.3) is 0 Å². The number of unbranched alkanes of at least 4 members (excludes halogenated alkanes) is 24. The number of nitrogens with two attached hydrogens (primary N) is 1. The summed E-state index contributed by atoms with van der Waals surface area (Å²) in [6, 6.07) is -1.48. The fraction of sp³-hybridized carbons (Fsp3) is 0.895. The Labute approximate surface area is 299 Å². The number of carbonyl (C=O) groups excluding carboxylic acids is 1. The Kier molecular flexibility index (Phi) is 33.9. The average molecular weight is 720 g/mol. The van der Waals surface area contributed by atoms with Crippen LogP contribution in [0.4, 0.5) is 0 Å². The summed E-state index contributed by atoms with van der Waals surface area (Å²) in [5, 5.41) is 8.86. The van der Waals surface area contributed by atoms with Gasteiger partial charge in [0, 0.05) is 6.42 Å². The Morgan fingerprint density at radius 3 is 1.49 bits per heavy atom. The third kappa shape index (κ3) is 34.8. The van der Waals surface area contributed by atoms with Crippen LogP contribution in [0, 0.1) is 0 Å². The van der Waals surface area contributed by atoms with Crippen LogP contribution in [0.3, 0.4) is 0 Å². The summed E-state index contributed by atoms with van der Waals surface area (Å²) < 4.78 is 33.0. The van der Waals surface area contributed by atoms with E-state index in [0.29, 0.717) is 6.42 Å². The summed E-state index contributed by atoms with van der Waals surface area (Å²) in [5.74, 6) is -1.80. The SMILES string of the molecule is CCCCCCCCCCCCCCCC/C=C\OC[C@H](COP(=O)(O)OC[C@H](N)C(=O)O)OC(=O)CCCCCCCCCCCCC. The normalized spacial score (nSPS) is 14.1. The van der Waals surface area contributed by atoms with Crippen molar-refractivity contribution < 1.29 is 42.7 Å². The Balaban J connectivity index is 4.30. The molecule has 11 heteroatoms. The maximum atomic E-state index is 12.5. The van der Waals surface area contributed by atoms with E-state index < -0.39 is 45.1 Å². The molecular formula is C38H74NO9P. The molecular weight excluding hydrogens is 645 g/mol. The van der Waals surface area contributed by atoms with Crippen LogP contribution in [0.25, 0.3) is 0 Å². The first-order chi connectivity index (χ1) is 23.7. The first-order valence-electron chi connectivity index (χ1n) is 19.8. The van der Waals surface area contributed by atoms with Crippen LogP contribution in [0.2, 0.25) is 0 Å². The first-order valence-corrected chi connectivity index (χ1v) is 21.3. The number of esters is 1. The van der Waals surface area contributed by atoms with Crippen LogP contribution in [0.15, 0.2) is 12.3 Å². The van der Waals surface area contributed by atoms with E-state index in [-0.39, 0.29) is 13.0 Å². The number of aliphatic carboxylic acids is 1. The second-order valence-electron chi connectivity index (χ2n) is 13.5. The molecule has 0 aromatic carbocycles. The molecule has 0 aromatic rings. The molecule has 0 amide bonds. The lowest BCUT2D eigenvalue weighted by Gasteiger charge is -2.20. The number of hydrogen-bond acceptors (Lipinski definition) is 8. The number of phosphoric acid groups is 1. The second kappa shape index (κ2) is 35.0. The molecule has 3 atom stereocenters. The van der Waals surface area contributed by atoms with Crippen molar-refractivity contribution in [1.82, 2.24) is 0 Å². The molecule has 0 heterocycles. The van der Waals surface area contributed by atoms with E-state index in [2.05, 4.69) is 18.4 Å². The number of allylic oxidation sites excluding steroid dienone is 1. The molecule has 0 saturated carbocycles. The highest BCUT2D eigenvalue weighted by Crippen LogP contribution is 2.43. The van der Waals surface area contributed by atoms with Crippen LogP contribution in [0.5, 0.6) is 0 Å². The largest absolute Gasteiger partial charge is 0.498 e. The Morgan fingerprint density at radius 2 is 1.04 bits per heavy atom. The van der Waals surface area contributed by atoms with E-state index in [9.17, 15) is 19.0 Å². The zero-order valence-electron chi connectivity index (χ0n) is 31.3. The summed E-state index contributed by atoms with van der Waals surface area (Å²) >= 11 is 0. The molecule has 0 aliphatic carbocycles. The van der Waals surface area contributed by atoms with Gasteiger partial charge >= 0.3 is 19.8 Å². The lowest BCUT2D eigenvalue weighted by molar-refractivity contribution is -0.153. The Morgan fingerprint density at radius 1 is 0.633 bits per heavy atom. The second-order valence-corrected chi connectivity index (χ2v) is 14.9. The standard InChI is InChI=1S/C38H74NO9P/c1-3-5-7-9-11-13-15-16-17-18-19-21-23-25-27-29-31-45-32-35(33-46-49(43,44)47-34-36(39)38(41)42)48-37(40)30-28-26-24-22-20-14-12-10-8-6-4-2/h29,31,35-36H,3-28,30,32-34,39H2,1-2H3,(H,41,42)(H,43,44)/b31-29-/t35-,36+/m1/s1. The number of ether oxygens (including phenoxy) is 2. The monoisotopic (exact) mass is 720 g/mol. The van der Waals surface area contributed by atoms with Gasteiger partial charge in [-0.15, -0.1) is 0 Å². The average Bonchev–Trinajstić information content (AvgIpc) is 3.07. The quantitative estimate of drug-likeness (QED) is 0.0243. The third-order valence-corrected chi connectivity index (χ3v) is 9.59. The van der Waals surface area contributed by atoms with E-state index in [1.165, 1.54) is 128 Å². The van der Waals surface area contributed by atoms with Crippen molar-refractivity contribution in [2.75, 3.05) is 19.8 Å². The summed E-state index contributed by atoms with van der Waals surface area (Å²) in [4.78, 5) is 33.3. The first kappa shape index (κ1) is 47.5. The maximum Gasteiger partial charge on any atom is 0.472 e. The molecule has 290 valence electrons. The number of rotatable bonds is 38. The van der Waals surface area contributed by atoms with Gasteiger partial charge < -0.3 is 25.2 Å². The smallest absolute Gasteiger partial charge is 0.472 e. The zero-order chi connectivity index (χ0) is 36.3. The molecule has 0 spiro atoms. The molecule has 0 aliphatic heterocycles. The van der Waals surface area contributed by atoms with Crippen molar-refractivity contribution in [2.45, 2.75) is 199 Å². The summed E-state index contributed by atoms with van der Waals surface area (Å²) in [6.45, 7) is 3.27. The number of carboxylic acid groups (broad SMARTS) is 1. The molecule has 0 fully saturated rings. The topological polar surface area (TPSA) is 155 Å². The van der Waals surface area contributed by atoms with Gasteiger partial charge in [0.1, 0.15) is 12.6 Å². The minimum atomic E-state index is -4.62. The lowest BCUT2D eigenvalue weighted by Crippen LogP contribution is -2.34. The molecule has 0 aromatic heterocycles. The van der Waals surface area contributed by atoms with Crippen molar-refractivity contribution in [3.05, 3.63) is 12.3 Å². The zero-order valence-corrected chi connectivity index (χ0v) is 32.2. The minimum absolute atomic E-state index is 0.0616. The fourth-order valence-corrected chi connectivity index (χ4v) is 6.29. The van der Waals surface area contributed by atoms with Crippen LogP contribution >= 0.6 is 7.82 Å². The van der Waals surface area contributed by atoms with Gasteiger partial charge in [-0.25, -0.2) is 4.57 Å². The van der Waals surface area contributed by atoms with Crippen molar-refractivity contribution in [3.63, 3.8) is 0 Å². The van der Waals surface area contributed by atoms with E-state index in [0.717, 1.165) is 32.1 Å². The van der Waals surface area contributed by atoms with Gasteiger partial charge in [-0.3, -0.25) is 18.6 Å². The van der Waals surface area contributed by atoms with E-state index in [1.807, 2.05) is 6.08 Å². The van der Waals surface area contributed by atoms with Crippen LogP contribution in [-0.4, -0.2) is 53.9 Å². The van der Waals surface area contributed by atoms with Gasteiger partial charge in [-0.1, -0.05) is 162 Å². The molecule has 0 saturated heterocycles. The lowest BCUT2D eigenvalue weighted by atomic mass is 10.0. The number of hydrogen-bond donors (Lipinski definition) is 3. The van der Waals surface area contributed by atoms with Crippen LogP contribution in [-0.2, 0) is 32.7 Å². The van der Waals surface area contributed by atoms with Crippen molar-refractivity contribution in [1.29, 1.82) is 0 Å². The minimum Gasteiger partial charge on any atom is -0.498 e. The van der Waals surface area contributed by atoms with E-state index >= 15 is 0 Å². The van der Waals surface area contributed by atoms with Gasteiger partial charge in [-0.2, -0.15) is 0 Å². The molecule has 49 heavy (non-hydrogen) atoms. The van der Waals surface area contributed by atoms with Gasteiger partial charge in [0.2, 0.25) is 0 Å². The molecule has 0 bridgehead atoms. The van der Waals surface area contributed by atoms with Crippen molar-refractivity contribution >= 4 is 19.8 Å². The fourth-order valence-electron chi connectivity index (χ4n) is 5.51. The van der Waals surface area contributed by atoms with Gasteiger partial charge in [-0.05, 0) is 25.3 Å². The molecule has 0 radical (unpaired) electrons. The molecule has 0 aliphatic rings. The van der Waals surface area contributed by atoms with Crippen LogP contribution < -0.4 is 5.73 Å². The predicted molar refractivity (Wildman–Crippen MR) is 198 cm³/mol. The number of carboxylic acids is 1. The van der Waals surface area contributed by atoms with Crippen molar-refractivity contribution in [3.8, 4) is 0 Å². The van der Waals surface area contributed by atoms with Crippen molar-refractivity contribution in [2.24, 2.45) is 5.73 Å². The predicted octanol–water partition coefficient (Wildman–Crippen LogP) is 10.5. The molecule has 4 N–H and O–H groups in total. The van der Waals surface area contributed by atoms with E-state index in [4.69, 9.17) is 24.8 Å². The number of phosphoric ester groups is 1. The summed E-state index contributed by atoms with van der Waals surface area (Å²) in [5.41, 5.74) is 5.33. The molecule has 0 rings (SSSR count). The highest BCUT2D eigenvalue weighted by atomic mass is 31.2. The third-order valence-electron chi connectivity index (χ3n) is 8.64. The Bertz CT molecular complexity index is 842. The highest BCUT2D eigenvalue weighted by Gasteiger charge is 2.27. The van der Waals surface area contributed by atoms with Gasteiger partial charge in [0.15, 0.2) is 6.10 Å². The Hall–Kier alpha value is -1.45. The van der Waals surface area contributed by atoms with E-state index in [1.54, 1.807) is 6.26 Å². The number of carbonyl (C=O) groups is 2. The summed E-state index contributed by atoms with van der Waals surface area (Å²) in [6.07, 6.45) is 34.9. The molecule has 1 unspecified atom stereocenters. The van der Waals surface area contributed by atoms with Gasteiger partial charge in [0.05, 0.1) is 19.5 Å². The summed E-state index contributed by atoms with van der Waals surface area (Å²) in [7, 11) is -4.62. The van der Waals surface area contributed by atoms with Crippen LogP contribution in [0.1, 0.15) is 187 Å².